The maximum atomic E-state index is 13.9. The van der Waals surface area contributed by atoms with Crippen LogP contribution in [-0.4, -0.2) is 34.1 Å². The predicted molar refractivity (Wildman–Crippen MR) is 86.8 cm³/mol. The van der Waals surface area contributed by atoms with Crippen molar-refractivity contribution in [2.24, 2.45) is 5.92 Å². The third-order valence-electron chi connectivity index (χ3n) is 5.01. The molecule has 2 aliphatic carbocycles. The minimum Gasteiger partial charge on any atom is -0.481 e. The Hall–Kier alpha value is -2.18. The minimum absolute atomic E-state index is 0.0533. The number of benzene rings is 1. The lowest BCUT2D eigenvalue weighted by Crippen LogP contribution is -2.47. The van der Waals surface area contributed by atoms with Crippen LogP contribution in [-0.2, 0) is 11.3 Å². The average molecular weight is 352 g/mol. The first kappa shape index (κ1) is 17.6. The molecule has 2 fully saturated rings. The summed E-state index contributed by atoms with van der Waals surface area (Å²) in [7, 11) is 0. The molecular weight excluding hydrogens is 330 g/mol. The third-order valence-corrected chi connectivity index (χ3v) is 5.01. The fraction of sp³-hybridized carbons (Fsp3) is 0.556. The molecule has 0 aliphatic heterocycles. The molecule has 0 heterocycles. The van der Waals surface area contributed by atoms with Crippen molar-refractivity contribution in [1.29, 1.82) is 0 Å². The van der Waals surface area contributed by atoms with E-state index in [0.29, 0.717) is 25.7 Å². The van der Waals surface area contributed by atoms with Crippen LogP contribution in [0.2, 0.25) is 0 Å². The van der Waals surface area contributed by atoms with Gasteiger partial charge in [-0.15, -0.1) is 0 Å². The molecule has 0 saturated heterocycles. The quantitative estimate of drug-likeness (QED) is 0.854. The van der Waals surface area contributed by atoms with Gasteiger partial charge in [-0.3, -0.25) is 4.79 Å². The molecule has 136 valence electrons. The molecule has 2 saturated carbocycles. The van der Waals surface area contributed by atoms with Crippen molar-refractivity contribution in [2.75, 3.05) is 0 Å². The van der Waals surface area contributed by atoms with Crippen LogP contribution < -0.4 is 5.32 Å². The van der Waals surface area contributed by atoms with Gasteiger partial charge in [-0.1, -0.05) is 6.07 Å². The van der Waals surface area contributed by atoms with E-state index < -0.39 is 17.6 Å². The summed E-state index contributed by atoms with van der Waals surface area (Å²) in [5.74, 6) is -2.41. The maximum absolute atomic E-state index is 13.9. The summed E-state index contributed by atoms with van der Waals surface area (Å²) in [5, 5.41) is 12.0. The predicted octanol–water partition coefficient (Wildman–Crippen LogP) is 3.28. The summed E-state index contributed by atoms with van der Waals surface area (Å²) >= 11 is 0. The Morgan fingerprint density at radius 3 is 2.36 bits per heavy atom. The van der Waals surface area contributed by atoms with Crippen molar-refractivity contribution >= 4 is 12.0 Å². The highest BCUT2D eigenvalue weighted by Crippen LogP contribution is 2.30. The van der Waals surface area contributed by atoms with Crippen LogP contribution in [0.15, 0.2) is 18.2 Å². The van der Waals surface area contributed by atoms with Crippen LogP contribution in [0.5, 0.6) is 0 Å². The number of amides is 2. The van der Waals surface area contributed by atoms with Crippen LogP contribution in [0.4, 0.5) is 13.6 Å². The smallest absolute Gasteiger partial charge is 0.318 e. The van der Waals surface area contributed by atoms with E-state index in [4.69, 9.17) is 5.11 Å². The summed E-state index contributed by atoms with van der Waals surface area (Å²) < 4.78 is 26.9. The summed E-state index contributed by atoms with van der Waals surface area (Å²) in [5.41, 5.74) is 0.290. The molecule has 2 amide bonds. The molecule has 3 rings (SSSR count). The Morgan fingerprint density at radius 2 is 1.80 bits per heavy atom. The molecule has 7 heteroatoms. The maximum Gasteiger partial charge on any atom is 0.318 e. The van der Waals surface area contributed by atoms with Gasteiger partial charge in [0.15, 0.2) is 0 Å². The normalized spacial score (nSPS) is 23.1. The first-order valence-corrected chi connectivity index (χ1v) is 8.68. The number of carbonyl (C=O) groups is 2. The molecule has 1 aromatic carbocycles. The van der Waals surface area contributed by atoms with Crippen LogP contribution in [0.25, 0.3) is 0 Å². The molecule has 1 aromatic rings. The molecule has 25 heavy (non-hydrogen) atoms. The lowest BCUT2D eigenvalue weighted by molar-refractivity contribution is -0.142. The number of nitrogens with zero attached hydrogens (tertiary/aromatic N) is 1. The number of aliphatic carboxylic acids is 1. The standard InChI is InChI=1S/C18H22F2N2O3/c19-13-4-1-12(16(20)9-13)10-22(15-7-8-15)18(25)21-14-5-2-11(3-6-14)17(23)24/h1,4,9,11,14-15H,2-3,5-8,10H2,(H,21,25)(H,23,24). The second-order valence-electron chi connectivity index (χ2n) is 6.93. The molecule has 2 aliphatic rings. The van der Waals surface area contributed by atoms with Gasteiger partial charge >= 0.3 is 12.0 Å². The van der Waals surface area contributed by atoms with E-state index in [-0.39, 0.29) is 36.1 Å². The van der Waals surface area contributed by atoms with Gasteiger partial charge < -0.3 is 15.3 Å². The highest BCUT2D eigenvalue weighted by Gasteiger charge is 2.35. The SMILES string of the molecule is O=C(O)C1CCC(NC(=O)N(Cc2ccc(F)cc2F)C2CC2)CC1. The van der Waals surface area contributed by atoms with Gasteiger partial charge in [0.2, 0.25) is 0 Å². The van der Waals surface area contributed by atoms with Crippen molar-refractivity contribution in [3.05, 3.63) is 35.4 Å². The molecule has 0 bridgehead atoms. The molecule has 5 nitrogen and oxygen atoms in total. The number of hydrogen-bond donors (Lipinski definition) is 2. The van der Waals surface area contributed by atoms with Gasteiger partial charge in [-0.05, 0) is 44.6 Å². The average Bonchev–Trinajstić information content (AvgIpc) is 3.39. The lowest BCUT2D eigenvalue weighted by Gasteiger charge is -2.30. The van der Waals surface area contributed by atoms with Crippen molar-refractivity contribution in [2.45, 2.75) is 57.2 Å². The number of carbonyl (C=O) groups excluding carboxylic acids is 1. The summed E-state index contributed by atoms with van der Waals surface area (Å²) in [6.45, 7) is 0.104. The van der Waals surface area contributed by atoms with Gasteiger partial charge in [0.05, 0.1) is 12.5 Å². The van der Waals surface area contributed by atoms with Gasteiger partial charge in [0.25, 0.3) is 0 Å². The van der Waals surface area contributed by atoms with Crippen LogP contribution >= 0.6 is 0 Å². The van der Waals surface area contributed by atoms with Gasteiger partial charge in [0.1, 0.15) is 11.6 Å². The number of carboxylic acids is 1. The van der Waals surface area contributed by atoms with E-state index in [9.17, 15) is 18.4 Å². The third kappa shape index (κ3) is 4.46. The largest absolute Gasteiger partial charge is 0.481 e. The Kier molecular flexibility index (Phi) is 5.20. The molecule has 0 atom stereocenters. The molecular formula is C18H22F2N2O3. The fourth-order valence-electron chi connectivity index (χ4n) is 3.33. The van der Waals surface area contributed by atoms with Crippen molar-refractivity contribution in [3.8, 4) is 0 Å². The van der Waals surface area contributed by atoms with E-state index in [0.717, 1.165) is 18.9 Å². The van der Waals surface area contributed by atoms with Crippen molar-refractivity contribution in [3.63, 3.8) is 0 Å². The van der Waals surface area contributed by atoms with Crippen LogP contribution in [0.3, 0.4) is 0 Å². The zero-order chi connectivity index (χ0) is 18.0. The Labute approximate surface area is 145 Å². The van der Waals surface area contributed by atoms with E-state index in [2.05, 4.69) is 5.32 Å². The van der Waals surface area contributed by atoms with E-state index >= 15 is 0 Å². The van der Waals surface area contributed by atoms with Crippen molar-refractivity contribution in [1.82, 2.24) is 10.2 Å². The summed E-state index contributed by atoms with van der Waals surface area (Å²) in [6, 6.07) is 3.15. The van der Waals surface area contributed by atoms with E-state index in [1.807, 2.05) is 0 Å². The van der Waals surface area contributed by atoms with Crippen molar-refractivity contribution < 1.29 is 23.5 Å². The molecule has 2 N–H and O–H groups in total. The lowest BCUT2D eigenvalue weighted by atomic mass is 9.86. The first-order chi connectivity index (χ1) is 11.9. The number of rotatable bonds is 5. The van der Waals surface area contributed by atoms with E-state index in [1.165, 1.54) is 12.1 Å². The number of urea groups is 1. The number of nitrogens with one attached hydrogen (secondary N) is 1. The Balaban J connectivity index is 1.59. The molecule has 0 radical (unpaired) electrons. The topological polar surface area (TPSA) is 69.6 Å². The fourth-order valence-corrected chi connectivity index (χ4v) is 3.33. The number of hydrogen-bond acceptors (Lipinski definition) is 2. The van der Waals surface area contributed by atoms with E-state index in [1.54, 1.807) is 4.90 Å². The molecule has 0 aromatic heterocycles. The summed E-state index contributed by atoms with van der Waals surface area (Å²) in [6.07, 6.45) is 4.12. The first-order valence-electron chi connectivity index (χ1n) is 8.68. The zero-order valence-corrected chi connectivity index (χ0v) is 13.9. The monoisotopic (exact) mass is 352 g/mol. The van der Waals surface area contributed by atoms with Crippen LogP contribution in [0, 0.1) is 17.6 Å². The summed E-state index contributed by atoms with van der Waals surface area (Å²) in [4.78, 5) is 25.2. The van der Waals surface area contributed by atoms with Gasteiger partial charge in [-0.2, -0.15) is 0 Å². The minimum atomic E-state index is -0.781. The Morgan fingerprint density at radius 1 is 1.12 bits per heavy atom. The Bertz CT molecular complexity index is 656. The van der Waals surface area contributed by atoms with Crippen LogP contribution in [0.1, 0.15) is 44.1 Å². The zero-order valence-electron chi connectivity index (χ0n) is 13.9. The molecule has 0 spiro atoms. The number of halogens is 2. The molecule has 0 unspecified atom stereocenters. The highest BCUT2D eigenvalue weighted by atomic mass is 19.1. The van der Waals surface area contributed by atoms with Gasteiger partial charge in [0, 0.05) is 23.7 Å². The second kappa shape index (κ2) is 7.37. The second-order valence-corrected chi connectivity index (χ2v) is 6.93. The highest BCUT2D eigenvalue weighted by molar-refractivity contribution is 5.75. The number of carboxylic acid groups (broad SMARTS) is 1. The van der Waals surface area contributed by atoms with Gasteiger partial charge in [-0.25, -0.2) is 13.6 Å².